The van der Waals surface area contributed by atoms with Gasteiger partial charge in [-0.2, -0.15) is 0 Å². The van der Waals surface area contributed by atoms with Crippen LogP contribution in [0.2, 0.25) is 0 Å². The average Bonchev–Trinajstić information content (AvgIpc) is 2.68. The van der Waals surface area contributed by atoms with E-state index in [1.165, 1.54) is 6.42 Å². The number of sulfone groups is 1. The van der Waals surface area contributed by atoms with E-state index in [1.807, 2.05) is 18.4 Å². The summed E-state index contributed by atoms with van der Waals surface area (Å²) in [5.74, 6) is 1.64. The van der Waals surface area contributed by atoms with Crippen molar-refractivity contribution >= 4 is 9.84 Å². The Labute approximate surface area is 121 Å². The van der Waals surface area contributed by atoms with Crippen LogP contribution < -0.4 is 0 Å². The van der Waals surface area contributed by atoms with Crippen molar-refractivity contribution in [3.05, 3.63) is 11.6 Å². The van der Waals surface area contributed by atoms with Crippen molar-refractivity contribution in [2.45, 2.75) is 65.2 Å². The number of hydrogen-bond acceptors (Lipinski definition) is 4. The molecule has 0 N–H and O–H groups in total. The van der Waals surface area contributed by atoms with Gasteiger partial charge in [0.25, 0.3) is 0 Å². The summed E-state index contributed by atoms with van der Waals surface area (Å²) < 4.78 is 26.8. The van der Waals surface area contributed by atoms with Gasteiger partial charge in [0.15, 0.2) is 9.84 Å². The van der Waals surface area contributed by atoms with Crippen LogP contribution in [-0.2, 0) is 22.1 Å². The van der Waals surface area contributed by atoms with E-state index in [4.69, 9.17) is 0 Å². The van der Waals surface area contributed by atoms with E-state index in [0.717, 1.165) is 31.5 Å². The molecular formula is C14H25N3O2S. The highest BCUT2D eigenvalue weighted by Crippen LogP contribution is 2.37. The molecule has 0 radical (unpaired) electrons. The molecule has 2 rings (SSSR count). The second-order valence-corrected chi connectivity index (χ2v) is 8.38. The number of aryl methyl sites for hydroxylation is 1. The van der Waals surface area contributed by atoms with Gasteiger partial charge >= 0.3 is 0 Å². The van der Waals surface area contributed by atoms with Gasteiger partial charge in [-0.05, 0) is 32.1 Å². The van der Waals surface area contributed by atoms with E-state index >= 15 is 0 Å². The van der Waals surface area contributed by atoms with Gasteiger partial charge in [-0.3, -0.25) is 0 Å². The molecule has 0 amide bonds. The van der Waals surface area contributed by atoms with Crippen molar-refractivity contribution in [1.82, 2.24) is 14.8 Å². The molecule has 1 aliphatic rings. The monoisotopic (exact) mass is 299 g/mol. The Balaban J connectivity index is 2.10. The van der Waals surface area contributed by atoms with Gasteiger partial charge in [0.2, 0.25) is 0 Å². The van der Waals surface area contributed by atoms with E-state index in [-0.39, 0.29) is 16.9 Å². The molecule has 0 aromatic carbocycles. The maximum Gasteiger partial charge on any atom is 0.158 e. The molecule has 1 aliphatic carbocycles. The first kappa shape index (κ1) is 15.5. The van der Waals surface area contributed by atoms with Crippen LogP contribution >= 0.6 is 0 Å². The van der Waals surface area contributed by atoms with Crippen LogP contribution in [0.1, 0.15) is 57.6 Å². The van der Waals surface area contributed by atoms with Crippen molar-refractivity contribution in [2.24, 2.45) is 5.41 Å². The summed E-state index contributed by atoms with van der Waals surface area (Å²) in [5.41, 5.74) is -0.0524. The third kappa shape index (κ3) is 3.59. The molecule has 0 saturated heterocycles. The topological polar surface area (TPSA) is 64.8 Å². The fourth-order valence-corrected chi connectivity index (χ4v) is 5.33. The van der Waals surface area contributed by atoms with Gasteiger partial charge in [-0.25, -0.2) is 8.42 Å². The van der Waals surface area contributed by atoms with Crippen molar-refractivity contribution < 1.29 is 8.42 Å². The van der Waals surface area contributed by atoms with Crippen molar-refractivity contribution in [1.29, 1.82) is 0 Å². The first-order valence-electron chi connectivity index (χ1n) is 7.44. The molecule has 0 unspecified atom stereocenters. The molecular weight excluding hydrogens is 274 g/mol. The van der Waals surface area contributed by atoms with Crippen LogP contribution in [0, 0.1) is 12.3 Å². The minimum absolute atomic E-state index is 0.0112. The summed E-state index contributed by atoms with van der Waals surface area (Å²) in [4.78, 5) is 0. The third-order valence-corrected chi connectivity index (χ3v) is 6.14. The predicted molar refractivity (Wildman–Crippen MR) is 79.1 cm³/mol. The van der Waals surface area contributed by atoms with Gasteiger partial charge in [-0.15, -0.1) is 10.2 Å². The Kier molecular flexibility index (Phi) is 4.52. The summed E-state index contributed by atoms with van der Waals surface area (Å²) in [6.07, 6.45) is 5.57. The molecule has 6 heteroatoms. The lowest BCUT2D eigenvalue weighted by Crippen LogP contribution is -2.30. The van der Waals surface area contributed by atoms with E-state index in [2.05, 4.69) is 17.1 Å². The van der Waals surface area contributed by atoms with Crippen LogP contribution in [0.4, 0.5) is 0 Å². The normalized spacial score (nSPS) is 19.1. The minimum atomic E-state index is -3.14. The van der Waals surface area contributed by atoms with E-state index < -0.39 is 9.84 Å². The fraction of sp³-hybridized carbons (Fsp3) is 0.857. The van der Waals surface area contributed by atoms with Gasteiger partial charge < -0.3 is 4.57 Å². The molecule has 1 aromatic rings. The zero-order chi connectivity index (χ0) is 14.8. The Hall–Kier alpha value is -0.910. The third-order valence-electron chi connectivity index (χ3n) is 4.31. The molecule has 0 spiro atoms. The number of hydrogen-bond donors (Lipinski definition) is 0. The summed E-state index contributed by atoms with van der Waals surface area (Å²) >= 11 is 0. The van der Waals surface area contributed by atoms with Gasteiger partial charge in [0.05, 0.1) is 5.75 Å². The van der Waals surface area contributed by atoms with E-state index in [1.54, 1.807) is 0 Å². The standard InChI is InChI=1S/C14H25N3O2S/c1-4-17-12(2)15-16-13(17)10-20(18,19)11-14(3)8-6-5-7-9-14/h4-11H2,1-3H3. The molecule has 0 aliphatic heterocycles. The van der Waals surface area contributed by atoms with Crippen LogP contribution in [0.25, 0.3) is 0 Å². The van der Waals surface area contributed by atoms with Gasteiger partial charge in [0, 0.05) is 6.54 Å². The van der Waals surface area contributed by atoms with Crippen LogP contribution in [0.15, 0.2) is 0 Å². The SMILES string of the molecule is CCn1c(C)nnc1CS(=O)(=O)CC1(C)CCCCC1. The summed E-state index contributed by atoms with van der Waals surface area (Å²) in [6.45, 7) is 6.66. The lowest BCUT2D eigenvalue weighted by atomic mass is 9.77. The Bertz CT molecular complexity index is 557. The Morgan fingerprint density at radius 2 is 1.85 bits per heavy atom. The smallest absolute Gasteiger partial charge is 0.158 e. The molecule has 1 heterocycles. The Morgan fingerprint density at radius 1 is 1.20 bits per heavy atom. The summed E-state index contributed by atoms with van der Waals surface area (Å²) in [7, 11) is -3.14. The predicted octanol–water partition coefficient (Wildman–Crippen LogP) is 2.49. The molecule has 1 aromatic heterocycles. The van der Waals surface area contributed by atoms with Crippen LogP contribution in [0.5, 0.6) is 0 Å². The second-order valence-electron chi connectivity index (χ2n) is 6.31. The highest BCUT2D eigenvalue weighted by molar-refractivity contribution is 7.90. The zero-order valence-electron chi connectivity index (χ0n) is 12.7. The molecule has 114 valence electrons. The quantitative estimate of drug-likeness (QED) is 0.838. The highest BCUT2D eigenvalue weighted by atomic mass is 32.2. The molecule has 5 nitrogen and oxygen atoms in total. The van der Waals surface area contributed by atoms with Crippen LogP contribution in [-0.4, -0.2) is 28.9 Å². The maximum absolute atomic E-state index is 12.5. The van der Waals surface area contributed by atoms with Gasteiger partial charge in [-0.1, -0.05) is 26.2 Å². The van der Waals surface area contributed by atoms with Crippen molar-refractivity contribution in [2.75, 3.05) is 5.75 Å². The molecule has 1 fully saturated rings. The summed E-state index contributed by atoms with van der Waals surface area (Å²) in [6, 6.07) is 0. The molecule has 20 heavy (non-hydrogen) atoms. The number of rotatable bonds is 5. The second kappa shape index (κ2) is 5.84. The van der Waals surface area contributed by atoms with Crippen molar-refractivity contribution in [3.63, 3.8) is 0 Å². The zero-order valence-corrected chi connectivity index (χ0v) is 13.5. The summed E-state index contributed by atoms with van der Waals surface area (Å²) in [5, 5.41) is 8.01. The van der Waals surface area contributed by atoms with E-state index in [0.29, 0.717) is 12.4 Å². The number of aromatic nitrogens is 3. The number of nitrogens with zero attached hydrogens (tertiary/aromatic N) is 3. The Morgan fingerprint density at radius 3 is 2.45 bits per heavy atom. The largest absolute Gasteiger partial charge is 0.315 e. The first-order valence-corrected chi connectivity index (χ1v) is 9.26. The highest BCUT2D eigenvalue weighted by Gasteiger charge is 2.33. The molecule has 0 atom stereocenters. The van der Waals surface area contributed by atoms with E-state index in [9.17, 15) is 8.42 Å². The lowest BCUT2D eigenvalue weighted by Gasteiger charge is -2.33. The lowest BCUT2D eigenvalue weighted by molar-refractivity contribution is 0.247. The van der Waals surface area contributed by atoms with Crippen LogP contribution in [0.3, 0.4) is 0 Å². The fourth-order valence-electron chi connectivity index (χ4n) is 3.27. The average molecular weight is 299 g/mol. The molecule has 0 bridgehead atoms. The van der Waals surface area contributed by atoms with Crippen molar-refractivity contribution in [3.8, 4) is 0 Å². The molecule has 1 saturated carbocycles. The minimum Gasteiger partial charge on any atom is -0.315 e. The maximum atomic E-state index is 12.5. The first-order chi connectivity index (χ1) is 9.35. The van der Waals surface area contributed by atoms with Gasteiger partial charge in [0.1, 0.15) is 17.4 Å².